The summed E-state index contributed by atoms with van der Waals surface area (Å²) in [5.41, 5.74) is -4.04. The van der Waals surface area contributed by atoms with Gasteiger partial charge in [0.15, 0.2) is 0 Å². The van der Waals surface area contributed by atoms with Gasteiger partial charge in [0.1, 0.15) is 5.60 Å². The Hall–Kier alpha value is -0.160. The van der Waals surface area contributed by atoms with Crippen molar-refractivity contribution in [3.05, 3.63) is 0 Å². The first kappa shape index (κ1) is 14.3. The molecule has 106 valence electrons. The summed E-state index contributed by atoms with van der Waals surface area (Å²) in [6.45, 7) is 7.19. The molecule has 0 amide bonds. The van der Waals surface area contributed by atoms with Gasteiger partial charge in [-0.3, -0.25) is 0 Å². The van der Waals surface area contributed by atoms with Crippen LogP contribution < -0.4 is 0 Å². The molecule has 0 unspecified atom stereocenters. The van der Waals surface area contributed by atoms with Crippen LogP contribution in [0.1, 0.15) is 53.4 Å². The van der Waals surface area contributed by atoms with Crippen molar-refractivity contribution in [2.45, 2.75) is 76.8 Å². The van der Waals surface area contributed by atoms with Gasteiger partial charge in [-0.15, -0.1) is 0 Å². The van der Waals surface area contributed by atoms with E-state index in [2.05, 4.69) is 0 Å². The quantitative estimate of drug-likeness (QED) is 0.561. The molecule has 0 heterocycles. The van der Waals surface area contributed by atoms with Crippen LogP contribution in [0.15, 0.2) is 0 Å². The van der Waals surface area contributed by atoms with E-state index in [1.807, 2.05) is 0 Å². The highest BCUT2D eigenvalue weighted by Crippen LogP contribution is 2.67. The van der Waals surface area contributed by atoms with E-state index in [1.165, 1.54) is 0 Å². The second kappa shape index (κ2) is 3.69. The fraction of sp³-hybridized carbons (Fsp3) is 1.00. The predicted octanol–water partition coefficient (Wildman–Crippen LogP) is 0.810. The molecule has 2 saturated carbocycles. The van der Waals surface area contributed by atoms with E-state index >= 15 is 0 Å². The van der Waals surface area contributed by atoms with Crippen LogP contribution in [0, 0.1) is 10.8 Å². The molecule has 2 fully saturated rings. The van der Waals surface area contributed by atoms with Gasteiger partial charge in [-0.25, -0.2) is 0 Å². The third-order valence-corrected chi connectivity index (χ3v) is 5.69. The average Bonchev–Trinajstić information content (AvgIpc) is 2.30. The molecule has 0 aliphatic heterocycles. The minimum absolute atomic E-state index is 0.379. The van der Waals surface area contributed by atoms with Crippen molar-refractivity contribution in [1.82, 2.24) is 0 Å². The van der Waals surface area contributed by atoms with Crippen LogP contribution in [-0.2, 0) is 0 Å². The molecule has 0 saturated heterocycles. The first-order chi connectivity index (χ1) is 8.01. The van der Waals surface area contributed by atoms with E-state index in [0.717, 1.165) is 0 Å². The Morgan fingerprint density at radius 3 is 1.61 bits per heavy atom. The third kappa shape index (κ3) is 1.35. The molecule has 0 aromatic heterocycles. The van der Waals surface area contributed by atoms with E-state index in [-0.39, 0.29) is 6.10 Å². The van der Waals surface area contributed by atoms with Gasteiger partial charge in [0, 0.05) is 10.8 Å². The summed E-state index contributed by atoms with van der Waals surface area (Å²) in [6, 6.07) is 0. The molecule has 0 spiro atoms. The Labute approximate surface area is 109 Å². The largest absolute Gasteiger partial charge is 0.393 e. The van der Waals surface area contributed by atoms with Gasteiger partial charge in [0.2, 0.25) is 0 Å². The highest BCUT2D eigenvalue weighted by Gasteiger charge is 2.78. The van der Waals surface area contributed by atoms with Crippen LogP contribution in [-0.4, -0.2) is 43.8 Å². The Morgan fingerprint density at radius 2 is 1.22 bits per heavy atom. The van der Waals surface area contributed by atoms with Gasteiger partial charge in [0.25, 0.3) is 0 Å². The summed E-state index contributed by atoms with van der Waals surface area (Å²) < 4.78 is 0. The molecular weight excluding hydrogens is 232 g/mol. The van der Waals surface area contributed by atoms with Crippen LogP contribution in [0.5, 0.6) is 0 Å². The lowest BCUT2D eigenvalue weighted by atomic mass is 9.37. The van der Waals surface area contributed by atoms with Gasteiger partial charge in [0.05, 0.1) is 17.8 Å². The van der Waals surface area contributed by atoms with Crippen LogP contribution in [0.4, 0.5) is 0 Å². The standard InChI is InChI=1S/C14H26O4/c1-11(2)10(16)12(3,4)14(11,18)13(17)7-5-9(15)6-8-13/h9-10,15-18H,5-8H2,1-4H3. The summed E-state index contributed by atoms with van der Waals surface area (Å²) >= 11 is 0. The highest BCUT2D eigenvalue weighted by atomic mass is 16.4. The molecule has 2 rings (SSSR count). The Kier molecular flexibility index (Phi) is 2.92. The molecule has 2 aliphatic rings. The third-order valence-electron chi connectivity index (χ3n) is 5.69. The molecule has 4 heteroatoms. The second-order valence-electron chi connectivity index (χ2n) is 7.32. The molecule has 0 aromatic rings. The lowest BCUT2D eigenvalue weighted by molar-refractivity contribution is -0.383. The Morgan fingerprint density at radius 1 is 0.833 bits per heavy atom. The zero-order chi connectivity index (χ0) is 14.0. The fourth-order valence-electron chi connectivity index (χ4n) is 4.69. The zero-order valence-electron chi connectivity index (χ0n) is 11.8. The van der Waals surface area contributed by atoms with Crippen molar-refractivity contribution in [2.75, 3.05) is 0 Å². The molecule has 0 radical (unpaired) electrons. The second-order valence-corrected chi connectivity index (χ2v) is 7.32. The lowest BCUT2D eigenvalue weighted by Gasteiger charge is -2.72. The van der Waals surface area contributed by atoms with Crippen LogP contribution >= 0.6 is 0 Å². The minimum atomic E-state index is -1.33. The summed E-state index contributed by atoms with van der Waals surface area (Å²) in [6.07, 6.45) is 0.729. The zero-order valence-corrected chi connectivity index (χ0v) is 11.8. The molecule has 0 atom stereocenters. The predicted molar refractivity (Wildman–Crippen MR) is 67.9 cm³/mol. The van der Waals surface area contributed by atoms with Gasteiger partial charge >= 0.3 is 0 Å². The normalized spacial score (nSPS) is 50.7. The van der Waals surface area contributed by atoms with Crippen molar-refractivity contribution in [3.8, 4) is 0 Å². The molecule has 0 bridgehead atoms. The molecule has 0 aromatic carbocycles. The summed E-state index contributed by atoms with van der Waals surface area (Å²) in [4.78, 5) is 0. The fourth-order valence-corrected chi connectivity index (χ4v) is 4.69. The maximum absolute atomic E-state index is 11.1. The molecule has 2 aliphatic carbocycles. The van der Waals surface area contributed by atoms with E-state index in [0.29, 0.717) is 25.7 Å². The first-order valence-electron chi connectivity index (χ1n) is 6.81. The van der Waals surface area contributed by atoms with Gasteiger partial charge < -0.3 is 20.4 Å². The Balaban J connectivity index is 2.36. The monoisotopic (exact) mass is 258 g/mol. The van der Waals surface area contributed by atoms with Crippen molar-refractivity contribution >= 4 is 0 Å². The summed E-state index contributed by atoms with van der Waals surface area (Å²) in [7, 11) is 0. The summed E-state index contributed by atoms with van der Waals surface area (Å²) in [5.74, 6) is 0. The maximum Gasteiger partial charge on any atom is 0.108 e. The molecule has 18 heavy (non-hydrogen) atoms. The molecular formula is C14H26O4. The van der Waals surface area contributed by atoms with Crippen LogP contribution in [0.2, 0.25) is 0 Å². The minimum Gasteiger partial charge on any atom is -0.393 e. The smallest absolute Gasteiger partial charge is 0.108 e. The van der Waals surface area contributed by atoms with E-state index in [9.17, 15) is 20.4 Å². The van der Waals surface area contributed by atoms with Gasteiger partial charge in [-0.05, 0) is 25.7 Å². The van der Waals surface area contributed by atoms with Crippen molar-refractivity contribution in [1.29, 1.82) is 0 Å². The van der Waals surface area contributed by atoms with Crippen molar-refractivity contribution in [3.63, 3.8) is 0 Å². The van der Waals surface area contributed by atoms with Crippen molar-refractivity contribution in [2.24, 2.45) is 10.8 Å². The van der Waals surface area contributed by atoms with E-state index in [4.69, 9.17) is 0 Å². The molecule has 4 nitrogen and oxygen atoms in total. The van der Waals surface area contributed by atoms with Gasteiger partial charge in [-0.1, -0.05) is 27.7 Å². The number of aliphatic hydroxyl groups is 4. The first-order valence-corrected chi connectivity index (χ1v) is 6.81. The average molecular weight is 258 g/mol. The number of aliphatic hydroxyl groups excluding tert-OH is 2. The van der Waals surface area contributed by atoms with E-state index < -0.39 is 28.1 Å². The Bertz CT molecular complexity index is 324. The SMILES string of the molecule is CC1(C)C(O)C(C)(C)C1(O)C1(O)CCC(O)CC1. The lowest BCUT2D eigenvalue weighted by Crippen LogP contribution is -2.84. The number of hydrogen-bond acceptors (Lipinski definition) is 4. The number of rotatable bonds is 1. The van der Waals surface area contributed by atoms with Gasteiger partial charge in [-0.2, -0.15) is 0 Å². The van der Waals surface area contributed by atoms with Crippen molar-refractivity contribution < 1.29 is 20.4 Å². The highest BCUT2D eigenvalue weighted by molar-refractivity contribution is 5.28. The van der Waals surface area contributed by atoms with E-state index in [1.54, 1.807) is 27.7 Å². The maximum atomic E-state index is 11.1. The number of hydrogen-bond donors (Lipinski definition) is 4. The summed E-state index contributed by atoms with van der Waals surface area (Å²) in [5, 5.41) is 41.8. The van der Waals surface area contributed by atoms with Crippen LogP contribution in [0.3, 0.4) is 0 Å². The van der Waals surface area contributed by atoms with Crippen LogP contribution in [0.25, 0.3) is 0 Å². The molecule has 4 N–H and O–H groups in total. The topological polar surface area (TPSA) is 80.9 Å².